The number of fused-ring (bicyclic) bond motifs is 1. The zero-order chi connectivity index (χ0) is 14.7. The van der Waals surface area contributed by atoms with Crippen molar-refractivity contribution in [3.63, 3.8) is 0 Å². The first-order valence-electron chi connectivity index (χ1n) is 6.21. The van der Waals surface area contributed by atoms with Gasteiger partial charge in [0.1, 0.15) is 4.88 Å². The Labute approximate surface area is 126 Å². The van der Waals surface area contributed by atoms with E-state index < -0.39 is 0 Å². The molecule has 1 aromatic carbocycles. The van der Waals surface area contributed by atoms with E-state index >= 15 is 0 Å². The zero-order valence-corrected chi connectivity index (χ0v) is 12.8. The Bertz CT molecular complexity index is 666. The number of hydrogen-bond donors (Lipinski definition) is 2. The van der Waals surface area contributed by atoms with Gasteiger partial charge in [0.25, 0.3) is 5.91 Å². The van der Waals surface area contributed by atoms with Gasteiger partial charge in [-0.1, -0.05) is 23.7 Å². The molecule has 106 valence electrons. The fraction of sp³-hybridized carbons (Fsp3) is 0.286. The number of amides is 2. The second-order valence-electron chi connectivity index (χ2n) is 4.43. The fourth-order valence-electron chi connectivity index (χ4n) is 1.92. The van der Waals surface area contributed by atoms with Gasteiger partial charge >= 0.3 is 0 Å². The minimum absolute atomic E-state index is 0.116. The molecule has 2 amide bonds. The molecule has 1 heterocycles. The van der Waals surface area contributed by atoms with E-state index in [0.717, 1.165) is 15.6 Å². The lowest BCUT2D eigenvalue weighted by atomic mass is 10.1. The van der Waals surface area contributed by atoms with Crippen LogP contribution in [0.15, 0.2) is 18.2 Å². The van der Waals surface area contributed by atoms with Gasteiger partial charge in [-0.2, -0.15) is 0 Å². The Morgan fingerprint density at radius 2 is 1.95 bits per heavy atom. The molecule has 0 radical (unpaired) electrons. The van der Waals surface area contributed by atoms with Crippen molar-refractivity contribution < 1.29 is 9.59 Å². The van der Waals surface area contributed by atoms with E-state index in [-0.39, 0.29) is 11.8 Å². The first kappa shape index (κ1) is 14.8. The van der Waals surface area contributed by atoms with Gasteiger partial charge in [0.15, 0.2) is 0 Å². The number of hydrogen-bond acceptors (Lipinski definition) is 3. The molecule has 4 nitrogen and oxygen atoms in total. The molecular weight excluding hydrogens is 296 g/mol. The number of rotatable bonds is 4. The second-order valence-corrected chi connectivity index (χ2v) is 5.86. The molecule has 2 rings (SSSR count). The van der Waals surface area contributed by atoms with Crippen LogP contribution in [0.4, 0.5) is 0 Å². The Morgan fingerprint density at radius 3 is 2.60 bits per heavy atom. The van der Waals surface area contributed by atoms with Crippen molar-refractivity contribution in [3.8, 4) is 0 Å². The van der Waals surface area contributed by atoms with Crippen LogP contribution in [-0.4, -0.2) is 24.9 Å². The van der Waals surface area contributed by atoms with Crippen LogP contribution in [0.3, 0.4) is 0 Å². The summed E-state index contributed by atoms with van der Waals surface area (Å²) < 4.78 is 1.00. The highest BCUT2D eigenvalue weighted by Crippen LogP contribution is 2.37. The van der Waals surface area contributed by atoms with Crippen LogP contribution in [0, 0.1) is 6.92 Å². The molecule has 1 aromatic heterocycles. The maximum absolute atomic E-state index is 12.1. The molecule has 0 aliphatic rings. The molecule has 20 heavy (non-hydrogen) atoms. The molecule has 0 fully saturated rings. The third-order valence-electron chi connectivity index (χ3n) is 2.86. The van der Waals surface area contributed by atoms with E-state index in [9.17, 15) is 9.59 Å². The molecule has 0 spiro atoms. The normalized spacial score (nSPS) is 10.6. The molecular formula is C14H15ClN2O2S. The SMILES string of the molecule is CC(=O)NCCNC(=O)c1sc2cccc(C)c2c1Cl. The molecule has 6 heteroatoms. The molecule has 0 saturated heterocycles. The van der Waals surface area contributed by atoms with Crippen molar-refractivity contribution in [2.75, 3.05) is 13.1 Å². The van der Waals surface area contributed by atoms with E-state index in [0.29, 0.717) is 23.0 Å². The lowest BCUT2D eigenvalue weighted by Crippen LogP contribution is -2.33. The monoisotopic (exact) mass is 310 g/mol. The predicted molar refractivity (Wildman–Crippen MR) is 82.6 cm³/mol. The summed E-state index contributed by atoms with van der Waals surface area (Å²) in [4.78, 5) is 23.3. The average molecular weight is 311 g/mol. The van der Waals surface area contributed by atoms with Gasteiger partial charge in [0.05, 0.1) is 5.02 Å². The largest absolute Gasteiger partial charge is 0.355 e. The number of halogens is 1. The van der Waals surface area contributed by atoms with Gasteiger partial charge in [-0.05, 0) is 18.6 Å². The zero-order valence-electron chi connectivity index (χ0n) is 11.2. The molecule has 0 saturated carbocycles. The summed E-state index contributed by atoms with van der Waals surface area (Å²) in [5, 5.41) is 6.80. The highest BCUT2D eigenvalue weighted by molar-refractivity contribution is 7.21. The molecule has 0 atom stereocenters. The minimum Gasteiger partial charge on any atom is -0.355 e. The van der Waals surface area contributed by atoms with Crippen molar-refractivity contribution in [3.05, 3.63) is 33.7 Å². The summed E-state index contributed by atoms with van der Waals surface area (Å²) in [5.41, 5.74) is 1.06. The highest BCUT2D eigenvalue weighted by atomic mass is 35.5. The Balaban J connectivity index is 2.13. The van der Waals surface area contributed by atoms with Crippen LogP contribution in [0.5, 0.6) is 0 Å². The summed E-state index contributed by atoms with van der Waals surface area (Å²) in [6.07, 6.45) is 0. The number of aryl methyl sites for hydroxylation is 1. The van der Waals surface area contributed by atoms with Crippen LogP contribution in [-0.2, 0) is 4.79 Å². The number of benzene rings is 1. The topological polar surface area (TPSA) is 58.2 Å². The van der Waals surface area contributed by atoms with Crippen molar-refractivity contribution in [1.29, 1.82) is 0 Å². The van der Waals surface area contributed by atoms with Gasteiger partial charge in [0.2, 0.25) is 5.91 Å². The Hall–Kier alpha value is -1.59. The van der Waals surface area contributed by atoms with Crippen LogP contribution < -0.4 is 10.6 Å². The molecule has 2 N–H and O–H groups in total. The summed E-state index contributed by atoms with van der Waals surface area (Å²) in [5.74, 6) is -0.323. The molecule has 0 bridgehead atoms. The number of carbonyl (C=O) groups excluding carboxylic acids is 2. The van der Waals surface area contributed by atoms with Crippen LogP contribution in [0.2, 0.25) is 5.02 Å². The highest BCUT2D eigenvalue weighted by Gasteiger charge is 2.17. The standard InChI is InChI=1S/C14H15ClN2O2S/c1-8-4-3-5-10-11(8)12(15)13(20-10)14(19)17-7-6-16-9(2)18/h3-5H,6-7H2,1-2H3,(H,16,18)(H,17,19). The van der Waals surface area contributed by atoms with Gasteiger partial charge in [-0.25, -0.2) is 0 Å². The Morgan fingerprint density at radius 1 is 1.25 bits per heavy atom. The summed E-state index contributed by atoms with van der Waals surface area (Å²) in [7, 11) is 0. The van der Waals surface area contributed by atoms with Crippen molar-refractivity contribution in [2.45, 2.75) is 13.8 Å². The van der Waals surface area contributed by atoms with Crippen molar-refractivity contribution >= 4 is 44.8 Å². The van der Waals surface area contributed by atoms with Gasteiger partial charge in [-0.3, -0.25) is 9.59 Å². The van der Waals surface area contributed by atoms with E-state index in [1.807, 2.05) is 25.1 Å². The average Bonchev–Trinajstić information content (AvgIpc) is 2.73. The maximum atomic E-state index is 12.1. The second kappa shape index (κ2) is 6.24. The lowest BCUT2D eigenvalue weighted by Gasteiger charge is -2.04. The molecule has 0 aliphatic heterocycles. The van der Waals surface area contributed by atoms with Gasteiger partial charge in [0, 0.05) is 30.1 Å². The first-order chi connectivity index (χ1) is 9.50. The fourth-order valence-corrected chi connectivity index (χ4v) is 3.51. The molecule has 0 aliphatic carbocycles. The van der Waals surface area contributed by atoms with Crippen LogP contribution in [0.25, 0.3) is 10.1 Å². The third-order valence-corrected chi connectivity index (χ3v) is 4.50. The van der Waals surface area contributed by atoms with E-state index in [4.69, 9.17) is 11.6 Å². The third kappa shape index (κ3) is 3.11. The molecule has 2 aromatic rings. The summed E-state index contributed by atoms with van der Waals surface area (Å²) in [6, 6.07) is 5.87. The quantitative estimate of drug-likeness (QED) is 0.853. The number of thiophene rings is 1. The first-order valence-corrected chi connectivity index (χ1v) is 7.40. The smallest absolute Gasteiger partial charge is 0.262 e. The van der Waals surface area contributed by atoms with E-state index in [1.165, 1.54) is 18.3 Å². The van der Waals surface area contributed by atoms with Crippen molar-refractivity contribution in [1.82, 2.24) is 10.6 Å². The van der Waals surface area contributed by atoms with E-state index in [2.05, 4.69) is 10.6 Å². The van der Waals surface area contributed by atoms with Crippen LogP contribution in [0.1, 0.15) is 22.2 Å². The van der Waals surface area contributed by atoms with E-state index in [1.54, 1.807) is 0 Å². The number of nitrogens with one attached hydrogen (secondary N) is 2. The summed E-state index contributed by atoms with van der Waals surface area (Å²) >= 11 is 7.68. The number of carbonyl (C=O) groups is 2. The van der Waals surface area contributed by atoms with Gasteiger partial charge < -0.3 is 10.6 Å². The minimum atomic E-state index is -0.207. The summed E-state index contributed by atoms with van der Waals surface area (Å²) in [6.45, 7) is 4.19. The van der Waals surface area contributed by atoms with Crippen LogP contribution >= 0.6 is 22.9 Å². The Kier molecular flexibility index (Phi) is 4.62. The van der Waals surface area contributed by atoms with Gasteiger partial charge in [-0.15, -0.1) is 11.3 Å². The maximum Gasteiger partial charge on any atom is 0.262 e. The lowest BCUT2D eigenvalue weighted by molar-refractivity contribution is -0.118. The predicted octanol–water partition coefficient (Wildman–Crippen LogP) is 2.73. The molecule has 0 unspecified atom stereocenters. The van der Waals surface area contributed by atoms with Crippen molar-refractivity contribution in [2.24, 2.45) is 0 Å².